The molecule has 0 atom stereocenters. The molecule has 0 aromatic heterocycles. The molecule has 0 aliphatic carbocycles. The summed E-state index contributed by atoms with van der Waals surface area (Å²) >= 11 is 5.76. The number of carbonyl (C=O) groups is 1. The standard InChI is InChI=1S/C11H9ClO2/c12-10-6-3-5-9(8-10)4-1-2-7-11(13)14/h1-8H,(H,13,14)/b4-1+,7-2+. The summed E-state index contributed by atoms with van der Waals surface area (Å²) in [6, 6.07) is 7.30. The maximum absolute atomic E-state index is 10.1. The first-order valence-corrected chi connectivity index (χ1v) is 4.39. The maximum Gasteiger partial charge on any atom is 0.328 e. The fourth-order valence-corrected chi connectivity index (χ4v) is 1.11. The zero-order valence-electron chi connectivity index (χ0n) is 7.35. The molecule has 0 spiro atoms. The first-order chi connectivity index (χ1) is 6.68. The van der Waals surface area contributed by atoms with Crippen molar-refractivity contribution in [2.24, 2.45) is 0 Å². The summed E-state index contributed by atoms with van der Waals surface area (Å²) in [5, 5.41) is 8.97. The van der Waals surface area contributed by atoms with Crippen molar-refractivity contribution >= 4 is 23.6 Å². The fraction of sp³-hybridized carbons (Fsp3) is 0. The van der Waals surface area contributed by atoms with E-state index in [0.717, 1.165) is 11.6 Å². The first-order valence-electron chi connectivity index (χ1n) is 4.02. The Morgan fingerprint density at radius 3 is 2.79 bits per heavy atom. The largest absolute Gasteiger partial charge is 0.478 e. The number of benzene rings is 1. The molecule has 0 radical (unpaired) electrons. The number of aliphatic carboxylic acids is 1. The predicted molar refractivity (Wildman–Crippen MR) is 57.3 cm³/mol. The minimum absolute atomic E-state index is 0.661. The van der Waals surface area contributed by atoms with Crippen LogP contribution in [0.4, 0.5) is 0 Å². The van der Waals surface area contributed by atoms with Crippen LogP contribution in [-0.2, 0) is 4.79 Å². The fourth-order valence-electron chi connectivity index (χ4n) is 0.915. The van der Waals surface area contributed by atoms with E-state index in [1.165, 1.54) is 6.08 Å². The highest BCUT2D eigenvalue weighted by Gasteiger charge is 1.87. The molecule has 0 aliphatic heterocycles. The van der Waals surface area contributed by atoms with Crippen molar-refractivity contribution in [1.29, 1.82) is 0 Å². The third-order valence-electron chi connectivity index (χ3n) is 1.49. The van der Waals surface area contributed by atoms with E-state index in [1.807, 2.05) is 12.1 Å². The number of carboxylic acid groups (broad SMARTS) is 1. The van der Waals surface area contributed by atoms with E-state index in [9.17, 15) is 4.79 Å². The molecule has 0 saturated carbocycles. The Morgan fingerprint density at radius 2 is 2.14 bits per heavy atom. The van der Waals surface area contributed by atoms with E-state index in [4.69, 9.17) is 16.7 Å². The number of hydrogen-bond acceptors (Lipinski definition) is 1. The van der Waals surface area contributed by atoms with Gasteiger partial charge in [-0.1, -0.05) is 42.0 Å². The SMILES string of the molecule is O=C(O)/C=C/C=C/c1cccc(Cl)c1. The van der Waals surface area contributed by atoms with Crippen molar-refractivity contribution in [3.63, 3.8) is 0 Å². The van der Waals surface area contributed by atoms with Gasteiger partial charge in [0.2, 0.25) is 0 Å². The van der Waals surface area contributed by atoms with Gasteiger partial charge in [0, 0.05) is 11.1 Å². The summed E-state index contributed by atoms with van der Waals surface area (Å²) in [6.45, 7) is 0. The third kappa shape index (κ3) is 3.92. The first kappa shape index (κ1) is 10.5. The van der Waals surface area contributed by atoms with Crippen LogP contribution in [-0.4, -0.2) is 11.1 Å². The van der Waals surface area contributed by atoms with Crippen molar-refractivity contribution in [3.05, 3.63) is 53.1 Å². The molecule has 1 rings (SSSR count). The predicted octanol–water partition coefficient (Wildman–Crippen LogP) is 2.99. The van der Waals surface area contributed by atoms with Crippen LogP contribution in [0.25, 0.3) is 6.08 Å². The number of rotatable bonds is 3. The van der Waals surface area contributed by atoms with Gasteiger partial charge in [0.05, 0.1) is 0 Å². The molecule has 0 fully saturated rings. The second kappa shape index (κ2) is 5.25. The van der Waals surface area contributed by atoms with Crippen molar-refractivity contribution in [3.8, 4) is 0 Å². The Balaban J connectivity index is 2.64. The van der Waals surface area contributed by atoms with Crippen LogP contribution in [0.3, 0.4) is 0 Å². The zero-order chi connectivity index (χ0) is 10.4. The average Bonchev–Trinajstić information content (AvgIpc) is 2.12. The second-order valence-electron chi connectivity index (χ2n) is 2.61. The van der Waals surface area contributed by atoms with Crippen LogP contribution < -0.4 is 0 Å². The smallest absolute Gasteiger partial charge is 0.328 e. The van der Waals surface area contributed by atoms with Gasteiger partial charge < -0.3 is 5.11 Å². The Labute approximate surface area is 87.1 Å². The van der Waals surface area contributed by atoms with Gasteiger partial charge in [-0.15, -0.1) is 0 Å². The minimum atomic E-state index is -0.958. The number of hydrogen-bond donors (Lipinski definition) is 1. The summed E-state index contributed by atoms with van der Waals surface area (Å²) in [7, 11) is 0. The normalized spacial score (nSPS) is 11.2. The number of allylic oxidation sites excluding steroid dienone is 2. The van der Waals surface area contributed by atoms with Gasteiger partial charge in [0.1, 0.15) is 0 Å². The van der Waals surface area contributed by atoms with Crippen LogP contribution in [0.2, 0.25) is 5.02 Å². The monoisotopic (exact) mass is 208 g/mol. The topological polar surface area (TPSA) is 37.3 Å². The van der Waals surface area contributed by atoms with Crippen LogP contribution >= 0.6 is 11.6 Å². The van der Waals surface area contributed by atoms with E-state index in [2.05, 4.69) is 0 Å². The Bertz CT molecular complexity index is 381. The molecule has 0 saturated heterocycles. The maximum atomic E-state index is 10.1. The summed E-state index contributed by atoms with van der Waals surface area (Å²) in [5.41, 5.74) is 0.938. The van der Waals surface area contributed by atoms with E-state index in [-0.39, 0.29) is 0 Å². The third-order valence-corrected chi connectivity index (χ3v) is 1.72. The second-order valence-corrected chi connectivity index (χ2v) is 3.05. The quantitative estimate of drug-likeness (QED) is 0.613. The highest BCUT2D eigenvalue weighted by atomic mass is 35.5. The van der Waals surface area contributed by atoms with Crippen LogP contribution in [0, 0.1) is 0 Å². The van der Waals surface area contributed by atoms with Crippen molar-refractivity contribution in [1.82, 2.24) is 0 Å². The van der Waals surface area contributed by atoms with Crippen molar-refractivity contribution in [2.75, 3.05) is 0 Å². The van der Waals surface area contributed by atoms with E-state index in [1.54, 1.807) is 24.3 Å². The van der Waals surface area contributed by atoms with Gasteiger partial charge in [-0.3, -0.25) is 0 Å². The van der Waals surface area contributed by atoms with E-state index >= 15 is 0 Å². The summed E-state index contributed by atoms with van der Waals surface area (Å²) in [6.07, 6.45) is 5.97. The molecule has 1 aromatic rings. The van der Waals surface area contributed by atoms with Crippen LogP contribution in [0.1, 0.15) is 5.56 Å². The Morgan fingerprint density at radius 1 is 1.36 bits per heavy atom. The molecule has 0 unspecified atom stereocenters. The molecular weight excluding hydrogens is 200 g/mol. The molecule has 2 nitrogen and oxygen atoms in total. The average molecular weight is 209 g/mol. The lowest BCUT2D eigenvalue weighted by atomic mass is 10.2. The van der Waals surface area contributed by atoms with Gasteiger partial charge in [-0.2, -0.15) is 0 Å². The van der Waals surface area contributed by atoms with Crippen LogP contribution in [0.15, 0.2) is 42.5 Å². The Kier molecular flexibility index (Phi) is 3.95. The van der Waals surface area contributed by atoms with Gasteiger partial charge in [-0.05, 0) is 17.7 Å². The van der Waals surface area contributed by atoms with Gasteiger partial charge in [-0.25, -0.2) is 4.79 Å². The van der Waals surface area contributed by atoms with Gasteiger partial charge in [0.15, 0.2) is 0 Å². The van der Waals surface area contributed by atoms with Crippen molar-refractivity contribution < 1.29 is 9.90 Å². The Hall–Kier alpha value is -1.54. The molecular formula is C11H9ClO2. The number of carboxylic acids is 1. The summed E-state index contributed by atoms with van der Waals surface area (Å²) in [5.74, 6) is -0.958. The van der Waals surface area contributed by atoms with Crippen LogP contribution in [0.5, 0.6) is 0 Å². The molecule has 0 bridgehead atoms. The lowest BCUT2D eigenvalue weighted by molar-refractivity contribution is -0.131. The zero-order valence-corrected chi connectivity index (χ0v) is 8.11. The molecule has 1 N–H and O–H groups in total. The molecule has 14 heavy (non-hydrogen) atoms. The summed E-state index contributed by atoms with van der Waals surface area (Å²) in [4.78, 5) is 10.1. The van der Waals surface area contributed by atoms with E-state index < -0.39 is 5.97 Å². The molecule has 0 heterocycles. The lowest BCUT2D eigenvalue weighted by Crippen LogP contribution is -1.84. The molecule has 3 heteroatoms. The molecule has 1 aromatic carbocycles. The minimum Gasteiger partial charge on any atom is -0.478 e. The molecule has 0 amide bonds. The lowest BCUT2D eigenvalue weighted by Gasteiger charge is -1.92. The molecule has 0 aliphatic rings. The highest BCUT2D eigenvalue weighted by molar-refractivity contribution is 6.30. The highest BCUT2D eigenvalue weighted by Crippen LogP contribution is 2.11. The van der Waals surface area contributed by atoms with Gasteiger partial charge >= 0.3 is 5.97 Å². The van der Waals surface area contributed by atoms with E-state index in [0.29, 0.717) is 5.02 Å². The van der Waals surface area contributed by atoms with Gasteiger partial charge in [0.25, 0.3) is 0 Å². The number of halogens is 1. The summed E-state index contributed by atoms with van der Waals surface area (Å²) < 4.78 is 0. The van der Waals surface area contributed by atoms with Crippen molar-refractivity contribution in [2.45, 2.75) is 0 Å². The molecule has 72 valence electrons.